The number of terminal acetylenes is 1. The van der Waals surface area contributed by atoms with Gasteiger partial charge < -0.3 is 10.6 Å². The zero-order valence-corrected chi connectivity index (χ0v) is 12.0. The molecule has 0 saturated carbocycles. The third-order valence-electron chi connectivity index (χ3n) is 2.22. The van der Waals surface area contributed by atoms with Crippen molar-refractivity contribution in [1.29, 1.82) is 5.41 Å². The molecule has 0 atom stereocenters. The van der Waals surface area contributed by atoms with E-state index in [1.807, 2.05) is 0 Å². The highest BCUT2D eigenvalue weighted by molar-refractivity contribution is 7.17. The molecule has 0 radical (unpaired) electrons. The average Bonchev–Trinajstić information content (AvgIpc) is 2.75. The molecule has 0 aromatic carbocycles. The lowest BCUT2D eigenvalue weighted by Gasteiger charge is -2.05. The van der Waals surface area contributed by atoms with Crippen molar-refractivity contribution in [2.75, 3.05) is 12.4 Å². The Morgan fingerprint density at radius 3 is 2.80 bits per heavy atom. The Morgan fingerprint density at radius 2 is 2.20 bits per heavy atom. The maximum absolute atomic E-state index is 11.5. The fraction of sp³-hybridized carbons (Fsp3) is 0.333. The quantitative estimate of drug-likeness (QED) is 0.372. The molecule has 0 aliphatic carbocycles. The third kappa shape index (κ3) is 4.37. The molecule has 0 bridgehead atoms. The largest absolute Gasteiger partial charge is 0.354 e. The van der Waals surface area contributed by atoms with Crippen LogP contribution in [0.5, 0.6) is 0 Å². The van der Waals surface area contributed by atoms with Crippen molar-refractivity contribution in [3.05, 3.63) is 10.6 Å². The van der Waals surface area contributed by atoms with Gasteiger partial charge in [-0.15, -0.1) is 12.3 Å². The first-order valence-corrected chi connectivity index (χ1v) is 6.58. The summed E-state index contributed by atoms with van der Waals surface area (Å²) in [4.78, 5) is 27.5. The van der Waals surface area contributed by atoms with E-state index in [1.165, 1.54) is 7.05 Å². The summed E-state index contributed by atoms with van der Waals surface area (Å²) < 4.78 is 0. The summed E-state index contributed by atoms with van der Waals surface area (Å²) in [6.07, 6.45) is 5.52. The number of carbonyl (C=O) groups excluding carboxylic acids is 2. The molecule has 0 spiro atoms. The van der Waals surface area contributed by atoms with Crippen LogP contribution in [0.2, 0.25) is 0 Å². The molecular formula is C12H15N5O2S. The summed E-state index contributed by atoms with van der Waals surface area (Å²) in [7, 11) is 1.53. The molecule has 0 saturated heterocycles. The molecule has 1 aromatic heterocycles. The van der Waals surface area contributed by atoms with Gasteiger partial charge in [-0.2, -0.15) is 0 Å². The van der Waals surface area contributed by atoms with E-state index < -0.39 is 0 Å². The summed E-state index contributed by atoms with van der Waals surface area (Å²) in [5.74, 6) is 1.56. The van der Waals surface area contributed by atoms with Gasteiger partial charge in [0.15, 0.2) is 5.13 Å². The Labute approximate surface area is 120 Å². The highest BCUT2D eigenvalue weighted by atomic mass is 32.1. The number of carbonyl (C=O) groups is 2. The number of amides is 2. The van der Waals surface area contributed by atoms with E-state index in [4.69, 9.17) is 11.8 Å². The van der Waals surface area contributed by atoms with E-state index in [0.717, 1.165) is 11.3 Å². The van der Waals surface area contributed by atoms with Crippen LogP contribution < -0.4 is 16.0 Å². The van der Waals surface area contributed by atoms with Gasteiger partial charge in [0.25, 0.3) is 5.91 Å². The van der Waals surface area contributed by atoms with Gasteiger partial charge in [-0.1, -0.05) is 11.3 Å². The standard InChI is InChI=1S/C12H15N5O2S/c1-4-5-6-8(18)16-11(13)17-12-15-7(2)9(20-12)10(19)14-3/h1H,5-6H2,2-3H3,(H,14,19)(H3,13,15,16,17,18). The monoisotopic (exact) mass is 293 g/mol. The lowest BCUT2D eigenvalue weighted by molar-refractivity contribution is -0.119. The van der Waals surface area contributed by atoms with Crippen LogP contribution >= 0.6 is 11.3 Å². The van der Waals surface area contributed by atoms with E-state index in [-0.39, 0.29) is 24.2 Å². The molecular weight excluding hydrogens is 278 g/mol. The molecule has 4 N–H and O–H groups in total. The fourth-order valence-corrected chi connectivity index (χ4v) is 2.22. The van der Waals surface area contributed by atoms with Gasteiger partial charge in [0.05, 0.1) is 5.69 Å². The number of nitrogens with zero attached hydrogens (tertiary/aromatic N) is 1. The van der Waals surface area contributed by atoms with Gasteiger partial charge >= 0.3 is 0 Å². The molecule has 2 amide bonds. The maximum Gasteiger partial charge on any atom is 0.263 e. The minimum atomic E-state index is -0.347. The number of aryl methyl sites for hydroxylation is 1. The topological polar surface area (TPSA) is 107 Å². The number of nitrogens with one attached hydrogen (secondary N) is 4. The zero-order valence-electron chi connectivity index (χ0n) is 11.2. The van der Waals surface area contributed by atoms with Crippen molar-refractivity contribution in [2.45, 2.75) is 19.8 Å². The second kappa shape index (κ2) is 7.25. The Hall–Kier alpha value is -2.40. The second-order valence-corrected chi connectivity index (χ2v) is 4.76. The van der Waals surface area contributed by atoms with E-state index in [1.54, 1.807) is 6.92 Å². The third-order valence-corrected chi connectivity index (χ3v) is 3.29. The lowest BCUT2D eigenvalue weighted by Crippen LogP contribution is -2.34. The number of guanidine groups is 1. The van der Waals surface area contributed by atoms with Gasteiger partial charge in [-0.3, -0.25) is 20.3 Å². The van der Waals surface area contributed by atoms with E-state index in [2.05, 4.69) is 26.9 Å². The highest BCUT2D eigenvalue weighted by Crippen LogP contribution is 2.22. The molecule has 0 aliphatic heterocycles. The summed E-state index contributed by atoms with van der Waals surface area (Å²) in [5.41, 5.74) is 0.559. The van der Waals surface area contributed by atoms with Crippen LogP contribution in [0.3, 0.4) is 0 Å². The minimum absolute atomic E-state index is 0.154. The maximum atomic E-state index is 11.5. The first-order chi connectivity index (χ1) is 9.47. The lowest BCUT2D eigenvalue weighted by atomic mass is 10.3. The van der Waals surface area contributed by atoms with Crippen LogP contribution in [0.4, 0.5) is 5.13 Å². The normalized spacial score (nSPS) is 9.45. The molecule has 0 aliphatic rings. The van der Waals surface area contributed by atoms with Crippen molar-refractivity contribution in [3.63, 3.8) is 0 Å². The average molecular weight is 293 g/mol. The van der Waals surface area contributed by atoms with Crippen LogP contribution in [0.1, 0.15) is 28.2 Å². The Kier molecular flexibility index (Phi) is 5.68. The van der Waals surface area contributed by atoms with Crippen LogP contribution in [0.15, 0.2) is 0 Å². The van der Waals surface area contributed by atoms with E-state index in [9.17, 15) is 9.59 Å². The Bertz CT molecular complexity index is 573. The molecule has 106 valence electrons. The molecule has 1 aromatic rings. The molecule has 1 rings (SSSR count). The number of aromatic nitrogens is 1. The number of hydrogen-bond donors (Lipinski definition) is 4. The van der Waals surface area contributed by atoms with Gasteiger partial charge in [-0.05, 0) is 6.92 Å². The van der Waals surface area contributed by atoms with E-state index in [0.29, 0.717) is 22.1 Å². The SMILES string of the molecule is C#CCCC(=O)NC(=N)Nc1nc(C)c(C(=O)NC)s1. The first kappa shape index (κ1) is 15.7. The molecule has 7 nitrogen and oxygen atoms in total. The number of thiazole rings is 1. The molecule has 20 heavy (non-hydrogen) atoms. The Balaban J connectivity index is 2.61. The second-order valence-electron chi connectivity index (χ2n) is 3.76. The zero-order chi connectivity index (χ0) is 15.1. The van der Waals surface area contributed by atoms with Crippen LogP contribution in [0.25, 0.3) is 0 Å². The van der Waals surface area contributed by atoms with Gasteiger partial charge in [0, 0.05) is 19.9 Å². The molecule has 0 unspecified atom stereocenters. The minimum Gasteiger partial charge on any atom is -0.354 e. The van der Waals surface area contributed by atoms with Gasteiger partial charge in [0.1, 0.15) is 4.88 Å². The fourth-order valence-electron chi connectivity index (χ4n) is 1.30. The van der Waals surface area contributed by atoms with Crippen LogP contribution in [0, 0.1) is 24.7 Å². The van der Waals surface area contributed by atoms with Gasteiger partial charge in [-0.25, -0.2) is 4.98 Å². The summed E-state index contributed by atoms with van der Waals surface area (Å²) in [6, 6.07) is 0. The first-order valence-electron chi connectivity index (χ1n) is 5.76. The van der Waals surface area contributed by atoms with Gasteiger partial charge in [0.2, 0.25) is 11.9 Å². The highest BCUT2D eigenvalue weighted by Gasteiger charge is 2.15. The molecule has 0 fully saturated rings. The Morgan fingerprint density at radius 1 is 1.50 bits per heavy atom. The van der Waals surface area contributed by atoms with Crippen molar-refractivity contribution < 1.29 is 9.59 Å². The van der Waals surface area contributed by atoms with Crippen LogP contribution in [-0.4, -0.2) is 29.8 Å². The number of rotatable bonds is 4. The van der Waals surface area contributed by atoms with Crippen molar-refractivity contribution in [2.24, 2.45) is 0 Å². The molecule has 8 heteroatoms. The predicted octanol–water partition coefficient (Wildman–Crippen LogP) is 0.687. The number of anilines is 1. The summed E-state index contributed by atoms with van der Waals surface area (Å²) >= 11 is 1.11. The van der Waals surface area contributed by atoms with Crippen molar-refractivity contribution >= 4 is 34.2 Å². The summed E-state index contributed by atoms with van der Waals surface area (Å²) in [5, 5.41) is 15.4. The number of hydrogen-bond acceptors (Lipinski definition) is 5. The predicted molar refractivity (Wildman–Crippen MR) is 77.8 cm³/mol. The summed E-state index contributed by atoms with van der Waals surface area (Å²) in [6.45, 7) is 1.70. The smallest absolute Gasteiger partial charge is 0.263 e. The molecule has 1 heterocycles. The van der Waals surface area contributed by atoms with Crippen molar-refractivity contribution in [1.82, 2.24) is 15.6 Å². The van der Waals surface area contributed by atoms with Crippen LogP contribution in [-0.2, 0) is 4.79 Å². The van der Waals surface area contributed by atoms with Crippen molar-refractivity contribution in [3.8, 4) is 12.3 Å². The van der Waals surface area contributed by atoms with E-state index >= 15 is 0 Å².